The molecule has 2 rings (SSSR count). The number of hydrogen-bond acceptors (Lipinski definition) is 4. The Morgan fingerprint density at radius 2 is 1.86 bits per heavy atom. The van der Waals surface area contributed by atoms with Crippen LogP contribution in [0.15, 0.2) is 0 Å². The third-order valence-electron chi connectivity index (χ3n) is 4.61. The summed E-state index contributed by atoms with van der Waals surface area (Å²) >= 11 is 1.80. The van der Waals surface area contributed by atoms with Crippen LogP contribution in [0.4, 0.5) is 0 Å². The zero-order valence-electron chi connectivity index (χ0n) is 13.8. The number of hydrogen-bond donors (Lipinski definition) is 1. The van der Waals surface area contributed by atoms with Crippen LogP contribution in [0.1, 0.15) is 33.1 Å². The SMILES string of the molecule is CCN(CC)CCSCC(=O)N1C2CCNCC1CC2.Cl.Cl. The van der Waals surface area contributed by atoms with Gasteiger partial charge in [-0.1, -0.05) is 13.8 Å². The van der Waals surface area contributed by atoms with Gasteiger partial charge in [-0.15, -0.1) is 24.8 Å². The highest BCUT2D eigenvalue weighted by Crippen LogP contribution is 2.28. The molecule has 7 heteroatoms. The minimum atomic E-state index is 0. The second kappa shape index (κ2) is 11.8. The van der Waals surface area contributed by atoms with E-state index in [1.807, 2.05) is 0 Å². The van der Waals surface area contributed by atoms with E-state index in [-0.39, 0.29) is 24.8 Å². The Morgan fingerprint density at radius 3 is 2.55 bits per heavy atom. The molecular formula is C15H31Cl2N3OS. The van der Waals surface area contributed by atoms with Crippen molar-refractivity contribution in [2.24, 2.45) is 0 Å². The zero-order valence-corrected chi connectivity index (χ0v) is 16.2. The fourth-order valence-corrected chi connectivity index (χ4v) is 4.21. The first-order valence-corrected chi connectivity index (χ1v) is 9.23. The maximum absolute atomic E-state index is 12.5. The van der Waals surface area contributed by atoms with Crippen molar-refractivity contribution in [2.45, 2.75) is 45.2 Å². The molecule has 132 valence electrons. The summed E-state index contributed by atoms with van der Waals surface area (Å²) in [6, 6.07) is 0.962. The zero-order chi connectivity index (χ0) is 14.4. The van der Waals surface area contributed by atoms with Gasteiger partial charge in [0.2, 0.25) is 5.91 Å². The lowest BCUT2D eigenvalue weighted by Crippen LogP contribution is -2.43. The third-order valence-corrected chi connectivity index (χ3v) is 5.54. The average Bonchev–Trinajstić information content (AvgIpc) is 2.72. The number of fused-ring (bicyclic) bond motifs is 2. The number of nitrogens with one attached hydrogen (secondary N) is 1. The van der Waals surface area contributed by atoms with Crippen LogP contribution in [-0.4, -0.2) is 72.0 Å². The van der Waals surface area contributed by atoms with Crippen LogP contribution in [0.3, 0.4) is 0 Å². The maximum atomic E-state index is 12.5. The van der Waals surface area contributed by atoms with Crippen molar-refractivity contribution in [2.75, 3.05) is 44.2 Å². The lowest BCUT2D eigenvalue weighted by molar-refractivity contribution is -0.130. The quantitative estimate of drug-likeness (QED) is 0.696. The number of halogens is 2. The van der Waals surface area contributed by atoms with Gasteiger partial charge in [-0.25, -0.2) is 0 Å². The molecule has 1 N–H and O–H groups in total. The summed E-state index contributed by atoms with van der Waals surface area (Å²) in [5.41, 5.74) is 0. The Balaban J connectivity index is 0.00000220. The molecule has 2 saturated heterocycles. The van der Waals surface area contributed by atoms with E-state index < -0.39 is 0 Å². The van der Waals surface area contributed by atoms with E-state index >= 15 is 0 Å². The highest BCUT2D eigenvalue weighted by atomic mass is 35.5. The van der Waals surface area contributed by atoms with Gasteiger partial charge in [-0.3, -0.25) is 4.79 Å². The summed E-state index contributed by atoms with van der Waals surface area (Å²) < 4.78 is 0. The van der Waals surface area contributed by atoms with Crippen LogP contribution in [-0.2, 0) is 4.79 Å². The van der Waals surface area contributed by atoms with E-state index in [9.17, 15) is 4.79 Å². The van der Waals surface area contributed by atoms with Crippen molar-refractivity contribution in [1.29, 1.82) is 0 Å². The van der Waals surface area contributed by atoms with Crippen LogP contribution >= 0.6 is 36.6 Å². The highest BCUT2D eigenvalue weighted by Gasteiger charge is 2.37. The van der Waals surface area contributed by atoms with Crippen LogP contribution in [0.2, 0.25) is 0 Å². The summed E-state index contributed by atoms with van der Waals surface area (Å²) in [7, 11) is 0. The number of carbonyl (C=O) groups is 1. The predicted octanol–water partition coefficient (Wildman–Crippen LogP) is 2.26. The third kappa shape index (κ3) is 6.08. The molecule has 22 heavy (non-hydrogen) atoms. The number of nitrogens with zero attached hydrogens (tertiary/aromatic N) is 2. The van der Waals surface area contributed by atoms with E-state index in [4.69, 9.17) is 0 Å². The molecule has 0 aromatic rings. The molecule has 2 fully saturated rings. The molecule has 4 nitrogen and oxygen atoms in total. The van der Waals surface area contributed by atoms with Gasteiger partial charge in [0.1, 0.15) is 0 Å². The molecule has 2 bridgehead atoms. The average molecular weight is 372 g/mol. The van der Waals surface area contributed by atoms with Crippen molar-refractivity contribution in [1.82, 2.24) is 15.1 Å². The lowest BCUT2D eigenvalue weighted by atomic mass is 10.1. The molecule has 0 radical (unpaired) electrons. The molecule has 2 heterocycles. The molecule has 0 spiro atoms. The number of carbonyl (C=O) groups excluding carboxylic acids is 1. The smallest absolute Gasteiger partial charge is 0.233 e. The normalized spacial score (nSPS) is 23.7. The van der Waals surface area contributed by atoms with Gasteiger partial charge < -0.3 is 15.1 Å². The first kappa shape index (κ1) is 22.3. The number of thioether (sulfide) groups is 1. The molecule has 0 aromatic heterocycles. The standard InChI is InChI=1S/C15H29N3OS.2ClH/c1-3-17(4-2)9-10-20-12-15(19)18-13-5-6-14(18)11-16-8-7-13;;/h13-14,16H,3-12H2,1-2H3;2*1H. The first-order chi connectivity index (χ1) is 9.76. The maximum Gasteiger partial charge on any atom is 0.233 e. The summed E-state index contributed by atoms with van der Waals surface area (Å²) in [5.74, 6) is 2.09. The molecule has 0 aromatic carbocycles. The Hall–Kier alpha value is 0.320. The van der Waals surface area contributed by atoms with Crippen LogP contribution in [0, 0.1) is 0 Å². The van der Waals surface area contributed by atoms with Gasteiger partial charge in [-0.05, 0) is 38.9 Å². The predicted molar refractivity (Wildman–Crippen MR) is 101 cm³/mol. The largest absolute Gasteiger partial charge is 0.335 e. The van der Waals surface area contributed by atoms with E-state index in [0.29, 0.717) is 23.7 Å². The van der Waals surface area contributed by atoms with Crippen LogP contribution in [0.25, 0.3) is 0 Å². The monoisotopic (exact) mass is 371 g/mol. The van der Waals surface area contributed by atoms with Crippen LogP contribution in [0.5, 0.6) is 0 Å². The van der Waals surface area contributed by atoms with Gasteiger partial charge in [0.15, 0.2) is 0 Å². The minimum absolute atomic E-state index is 0. The van der Waals surface area contributed by atoms with Gasteiger partial charge in [0.25, 0.3) is 0 Å². The Kier molecular flexibility index (Phi) is 12.0. The minimum Gasteiger partial charge on any atom is -0.335 e. The lowest BCUT2D eigenvalue weighted by Gasteiger charge is -2.28. The molecule has 0 aliphatic carbocycles. The van der Waals surface area contributed by atoms with Crippen molar-refractivity contribution in [3.63, 3.8) is 0 Å². The summed E-state index contributed by atoms with van der Waals surface area (Å²) in [5, 5.41) is 3.45. The molecule has 0 saturated carbocycles. The first-order valence-electron chi connectivity index (χ1n) is 8.08. The summed E-state index contributed by atoms with van der Waals surface area (Å²) in [4.78, 5) is 17.1. The molecule has 1 amide bonds. The van der Waals surface area contributed by atoms with Crippen molar-refractivity contribution >= 4 is 42.5 Å². The van der Waals surface area contributed by atoms with Gasteiger partial charge in [-0.2, -0.15) is 11.8 Å². The van der Waals surface area contributed by atoms with Crippen LogP contribution < -0.4 is 5.32 Å². The van der Waals surface area contributed by atoms with E-state index in [2.05, 4.69) is 29.0 Å². The molecule has 2 aliphatic rings. The van der Waals surface area contributed by atoms with E-state index in [1.165, 1.54) is 12.8 Å². The number of rotatable bonds is 7. The van der Waals surface area contributed by atoms with Gasteiger partial charge in [0.05, 0.1) is 5.75 Å². The second-order valence-electron chi connectivity index (χ2n) is 5.76. The molecule has 2 unspecified atom stereocenters. The fraction of sp³-hybridized carbons (Fsp3) is 0.933. The topological polar surface area (TPSA) is 35.6 Å². The van der Waals surface area contributed by atoms with Crippen molar-refractivity contribution in [3.8, 4) is 0 Å². The summed E-state index contributed by atoms with van der Waals surface area (Å²) in [6.45, 7) is 9.76. The van der Waals surface area contributed by atoms with Crippen molar-refractivity contribution in [3.05, 3.63) is 0 Å². The van der Waals surface area contributed by atoms with Gasteiger partial charge >= 0.3 is 0 Å². The Labute approximate surface area is 151 Å². The van der Waals surface area contributed by atoms with E-state index in [0.717, 1.165) is 44.9 Å². The van der Waals surface area contributed by atoms with Gasteiger partial charge in [0, 0.05) is 30.9 Å². The highest BCUT2D eigenvalue weighted by molar-refractivity contribution is 7.99. The molecule has 2 atom stereocenters. The van der Waals surface area contributed by atoms with Crippen molar-refractivity contribution < 1.29 is 4.79 Å². The fourth-order valence-electron chi connectivity index (χ4n) is 3.36. The second-order valence-corrected chi connectivity index (χ2v) is 6.86. The van der Waals surface area contributed by atoms with E-state index in [1.54, 1.807) is 11.8 Å². The summed E-state index contributed by atoms with van der Waals surface area (Å²) in [6.07, 6.45) is 3.53. The Morgan fingerprint density at radius 1 is 1.18 bits per heavy atom. The molecular weight excluding hydrogens is 341 g/mol. The number of amides is 1. The Bertz CT molecular complexity index is 305. The molecule has 2 aliphatic heterocycles.